The van der Waals surface area contributed by atoms with Crippen molar-refractivity contribution in [2.75, 3.05) is 19.6 Å². The second-order valence-electron chi connectivity index (χ2n) is 7.57. The number of piperidine rings is 1. The highest BCUT2D eigenvalue weighted by atomic mass is 15.2. The van der Waals surface area contributed by atoms with Crippen LogP contribution in [-0.4, -0.2) is 35.6 Å². The van der Waals surface area contributed by atoms with Gasteiger partial charge in [-0.3, -0.25) is 4.90 Å². The fourth-order valence-corrected chi connectivity index (χ4v) is 2.54. The van der Waals surface area contributed by atoms with E-state index in [4.69, 9.17) is 0 Å². The molecule has 0 aromatic heterocycles. The fourth-order valence-electron chi connectivity index (χ4n) is 2.54. The van der Waals surface area contributed by atoms with Crippen molar-refractivity contribution in [1.29, 1.82) is 0 Å². The summed E-state index contributed by atoms with van der Waals surface area (Å²) in [5.74, 6) is 0.934. The highest BCUT2D eigenvalue weighted by molar-refractivity contribution is 4.82. The van der Waals surface area contributed by atoms with Gasteiger partial charge in [0.15, 0.2) is 0 Å². The van der Waals surface area contributed by atoms with Crippen LogP contribution in [0.4, 0.5) is 0 Å². The summed E-state index contributed by atoms with van der Waals surface area (Å²) in [5, 5.41) is 3.60. The van der Waals surface area contributed by atoms with Gasteiger partial charge < -0.3 is 5.32 Å². The quantitative estimate of drug-likeness (QED) is 0.814. The standard InChI is InChI=1S/C15H32N2/c1-14(2,3)16-10-7-13-8-11-17(12-9-13)15(4,5)6/h13,16H,7-12H2,1-6H3. The summed E-state index contributed by atoms with van der Waals surface area (Å²) in [6, 6.07) is 0. The molecule has 2 heteroatoms. The van der Waals surface area contributed by atoms with Gasteiger partial charge in [0.25, 0.3) is 0 Å². The van der Waals surface area contributed by atoms with Crippen molar-refractivity contribution in [1.82, 2.24) is 10.2 Å². The van der Waals surface area contributed by atoms with E-state index in [1.54, 1.807) is 0 Å². The molecule has 0 saturated carbocycles. The minimum Gasteiger partial charge on any atom is -0.312 e. The summed E-state index contributed by atoms with van der Waals surface area (Å²) in [6.07, 6.45) is 4.10. The van der Waals surface area contributed by atoms with Gasteiger partial charge in [-0.05, 0) is 86.4 Å². The van der Waals surface area contributed by atoms with Crippen LogP contribution in [0.2, 0.25) is 0 Å². The lowest BCUT2D eigenvalue weighted by molar-refractivity contribution is 0.0850. The summed E-state index contributed by atoms with van der Waals surface area (Å²) in [5.41, 5.74) is 0.626. The molecule has 102 valence electrons. The number of nitrogens with one attached hydrogen (secondary N) is 1. The summed E-state index contributed by atoms with van der Waals surface area (Å²) in [4.78, 5) is 2.63. The van der Waals surface area contributed by atoms with Crippen LogP contribution in [0.1, 0.15) is 60.8 Å². The first-order valence-electron chi connectivity index (χ1n) is 7.18. The molecule has 0 unspecified atom stereocenters. The van der Waals surface area contributed by atoms with Crippen molar-refractivity contribution in [3.05, 3.63) is 0 Å². The smallest absolute Gasteiger partial charge is 0.0125 e. The van der Waals surface area contributed by atoms with Crippen molar-refractivity contribution in [2.45, 2.75) is 71.9 Å². The van der Waals surface area contributed by atoms with Crippen molar-refractivity contribution in [3.63, 3.8) is 0 Å². The van der Waals surface area contributed by atoms with E-state index in [2.05, 4.69) is 51.8 Å². The number of hydrogen-bond donors (Lipinski definition) is 1. The summed E-state index contributed by atoms with van der Waals surface area (Å²) >= 11 is 0. The average molecular weight is 240 g/mol. The predicted octanol–water partition coefficient (Wildman–Crippen LogP) is 3.28. The van der Waals surface area contributed by atoms with Gasteiger partial charge in [0.05, 0.1) is 0 Å². The topological polar surface area (TPSA) is 15.3 Å². The van der Waals surface area contributed by atoms with Crippen molar-refractivity contribution in [3.8, 4) is 0 Å². The highest BCUT2D eigenvalue weighted by Crippen LogP contribution is 2.25. The van der Waals surface area contributed by atoms with E-state index < -0.39 is 0 Å². The molecule has 0 aromatic carbocycles. The fraction of sp³-hybridized carbons (Fsp3) is 1.00. The van der Waals surface area contributed by atoms with E-state index in [1.807, 2.05) is 0 Å². The van der Waals surface area contributed by atoms with Crippen LogP contribution in [0.25, 0.3) is 0 Å². The zero-order valence-corrected chi connectivity index (χ0v) is 12.8. The van der Waals surface area contributed by atoms with Gasteiger partial charge in [0.2, 0.25) is 0 Å². The Morgan fingerprint density at radius 2 is 1.53 bits per heavy atom. The van der Waals surface area contributed by atoms with Crippen LogP contribution >= 0.6 is 0 Å². The molecule has 0 amide bonds. The minimum absolute atomic E-state index is 0.270. The van der Waals surface area contributed by atoms with E-state index >= 15 is 0 Å². The first-order valence-corrected chi connectivity index (χ1v) is 7.18. The number of nitrogens with zero attached hydrogens (tertiary/aromatic N) is 1. The Hall–Kier alpha value is -0.0800. The van der Waals surface area contributed by atoms with E-state index in [0.717, 1.165) is 5.92 Å². The summed E-state index contributed by atoms with van der Waals surface area (Å²) < 4.78 is 0. The molecular weight excluding hydrogens is 208 g/mol. The first-order chi connectivity index (χ1) is 7.68. The number of likely N-dealkylation sites (tertiary alicyclic amines) is 1. The highest BCUT2D eigenvalue weighted by Gasteiger charge is 2.26. The molecular formula is C15H32N2. The normalized spacial score (nSPS) is 20.8. The van der Waals surface area contributed by atoms with Gasteiger partial charge >= 0.3 is 0 Å². The van der Waals surface area contributed by atoms with Gasteiger partial charge in [-0.1, -0.05) is 0 Å². The van der Waals surface area contributed by atoms with Crippen LogP contribution in [0.5, 0.6) is 0 Å². The molecule has 0 aromatic rings. The lowest BCUT2D eigenvalue weighted by Gasteiger charge is -2.41. The molecule has 0 spiro atoms. The SMILES string of the molecule is CC(C)(C)NCCC1CCN(C(C)(C)C)CC1. The molecule has 1 N–H and O–H groups in total. The monoisotopic (exact) mass is 240 g/mol. The Labute approximate surface area is 108 Å². The average Bonchev–Trinajstić information content (AvgIpc) is 2.15. The molecule has 0 aliphatic carbocycles. The maximum atomic E-state index is 3.60. The Morgan fingerprint density at radius 3 is 1.94 bits per heavy atom. The third-order valence-electron chi connectivity index (χ3n) is 3.77. The maximum Gasteiger partial charge on any atom is 0.0125 e. The van der Waals surface area contributed by atoms with Crippen molar-refractivity contribution >= 4 is 0 Å². The van der Waals surface area contributed by atoms with Gasteiger partial charge in [0, 0.05) is 11.1 Å². The third-order valence-corrected chi connectivity index (χ3v) is 3.77. The third kappa shape index (κ3) is 5.87. The van der Waals surface area contributed by atoms with Crippen LogP contribution in [0.3, 0.4) is 0 Å². The molecule has 1 aliphatic rings. The largest absolute Gasteiger partial charge is 0.312 e. The molecule has 1 rings (SSSR count). The van der Waals surface area contributed by atoms with E-state index in [9.17, 15) is 0 Å². The van der Waals surface area contributed by atoms with Crippen LogP contribution in [0.15, 0.2) is 0 Å². The van der Waals surface area contributed by atoms with Gasteiger partial charge in [-0.2, -0.15) is 0 Å². The van der Waals surface area contributed by atoms with Crippen LogP contribution in [0, 0.1) is 5.92 Å². The Morgan fingerprint density at radius 1 is 1.00 bits per heavy atom. The van der Waals surface area contributed by atoms with E-state index in [-0.39, 0.29) is 5.54 Å². The van der Waals surface area contributed by atoms with Gasteiger partial charge in [-0.25, -0.2) is 0 Å². The Balaban J connectivity index is 2.20. The van der Waals surface area contributed by atoms with Crippen molar-refractivity contribution < 1.29 is 0 Å². The molecule has 17 heavy (non-hydrogen) atoms. The Bertz CT molecular complexity index is 211. The second kappa shape index (κ2) is 5.71. The van der Waals surface area contributed by atoms with Gasteiger partial charge in [-0.15, -0.1) is 0 Å². The molecule has 1 saturated heterocycles. The molecule has 2 nitrogen and oxygen atoms in total. The molecule has 1 aliphatic heterocycles. The maximum absolute atomic E-state index is 3.60. The molecule has 0 radical (unpaired) electrons. The number of hydrogen-bond acceptors (Lipinski definition) is 2. The first kappa shape index (κ1) is 15.0. The van der Waals surface area contributed by atoms with Crippen LogP contribution < -0.4 is 5.32 Å². The molecule has 1 fully saturated rings. The minimum atomic E-state index is 0.270. The lowest BCUT2D eigenvalue weighted by atomic mass is 9.90. The zero-order valence-electron chi connectivity index (χ0n) is 12.8. The summed E-state index contributed by atoms with van der Waals surface area (Å²) in [7, 11) is 0. The predicted molar refractivity (Wildman–Crippen MR) is 76.4 cm³/mol. The second-order valence-corrected chi connectivity index (χ2v) is 7.57. The Kier molecular flexibility index (Phi) is 5.03. The van der Waals surface area contributed by atoms with Crippen LogP contribution in [-0.2, 0) is 0 Å². The van der Waals surface area contributed by atoms with E-state index in [1.165, 1.54) is 38.9 Å². The molecule has 0 bridgehead atoms. The molecule has 0 atom stereocenters. The zero-order chi connectivity index (χ0) is 13.1. The van der Waals surface area contributed by atoms with E-state index in [0.29, 0.717) is 5.54 Å². The lowest BCUT2D eigenvalue weighted by Crippen LogP contribution is -2.46. The molecule has 1 heterocycles. The number of rotatable bonds is 3. The van der Waals surface area contributed by atoms with Crippen molar-refractivity contribution in [2.24, 2.45) is 5.92 Å². The summed E-state index contributed by atoms with van der Waals surface area (Å²) in [6.45, 7) is 17.5. The van der Waals surface area contributed by atoms with Gasteiger partial charge in [0.1, 0.15) is 0 Å².